The Hall–Kier alpha value is -1.000. The smallest absolute Gasteiger partial charge is 0.142 e. The second-order valence-corrected chi connectivity index (χ2v) is 6.31. The molecule has 0 saturated carbocycles. The predicted molar refractivity (Wildman–Crippen MR) is 77.1 cm³/mol. The number of hydrogen-bond acceptors (Lipinski definition) is 3. The molecule has 2 aromatic rings. The maximum Gasteiger partial charge on any atom is 0.142 e. The SMILES string of the molecule is COc1cc(C)ccc1NCc1ccc(Br)s1. The fourth-order valence-corrected chi connectivity index (χ4v) is 3.00. The molecule has 1 aromatic carbocycles. The highest BCUT2D eigenvalue weighted by atomic mass is 79.9. The van der Waals surface area contributed by atoms with Crippen molar-refractivity contribution in [2.24, 2.45) is 0 Å². The van der Waals surface area contributed by atoms with Crippen molar-refractivity contribution in [2.75, 3.05) is 12.4 Å². The minimum Gasteiger partial charge on any atom is -0.495 e. The molecule has 17 heavy (non-hydrogen) atoms. The molecular formula is C13H14BrNOS. The molecule has 0 aliphatic carbocycles. The van der Waals surface area contributed by atoms with E-state index < -0.39 is 0 Å². The van der Waals surface area contributed by atoms with Crippen LogP contribution in [0.3, 0.4) is 0 Å². The number of halogens is 1. The second kappa shape index (κ2) is 5.56. The van der Waals surface area contributed by atoms with Crippen molar-refractivity contribution >= 4 is 33.0 Å². The Balaban J connectivity index is 2.08. The van der Waals surface area contributed by atoms with E-state index in [1.807, 2.05) is 6.07 Å². The molecule has 0 atom stereocenters. The summed E-state index contributed by atoms with van der Waals surface area (Å²) in [4.78, 5) is 1.29. The summed E-state index contributed by atoms with van der Waals surface area (Å²) in [6.45, 7) is 2.87. The average molecular weight is 312 g/mol. The molecule has 4 heteroatoms. The first-order chi connectivity index (χ1) is 8.19. The van der Waals surface area contributed by atoms with Crippen molar-refractivity contribution in [1.29, 1.82) is 0 Å². The lowest BCUT2D eigenvalue weighted by atomic mass is 10.2. The Morgan fingerprint density at radius 2 is 2.12 bits per heavy atom. The van der Waals surface area contributed by atoms with Crippen LogP contribution in [0.15, 0.2) is 34.1 Å². The van der Waals surface area contributed by atoms with Crippen molar-refractivity contribution in [1.82, 2.24) is 0 Å². The number of thiophene rings is 1. The van der Waals surface area contributed by atoms with Gasteiger partial charge in [0, 0.05) is 11.4 Å². The van der Waals surface area contributed by atoms with E-state index in [0.29, 0.717) is 0 Å². The summed E-state index contributed by atoms with van der Waals surface area (Å²) < 4.78 is 6.51. The minimum atomic E-state index is 0.815. The van der Waals surface area contributed by atoms with Gasteiger partial charge in [0.1, 0.15) is 5.75 Å². The van der Waals surface area contributed by atoms with Crippen LogP contribution in [-0.2, 0) is 6.54 Å². The first-order valence-electron chi connectivity index (χ1n) is 5.32. The van der Waals surface area contributed by atoms with Crippen LogP contribution in [0.5, 0.6) is 5.75 Å². The average Bonchev–Trinajstić information content (AvgIpc) is 2.73. The van der Waals surface area contributed by atoms with E-state index in [4.69, 9.17) is 4.74 Å². The van der Waals surface area contributed by atoms with E-state index in [1.54, 1.807) is 18.4 Å². The van der Waals surface area contributed by atoms with Crippen LogP contribution in [0.25, 0.3) is 0 Å². The number of ether oxygens (including phenoxy) is 1. The summed E-state index contributed by atoms with van der Waals surface area (Å²) in [5.41, 5.74) is 2.23. The van der Waals surface area contributed by atoms with Crippen molar-refractivity contribution in [3.63, 3.8) is 0 Å². The molecule has 1 aromatic heterocycles. The van der Waals surface area contributed by atoms with Gasteiger partial charge in [-0.15, -0.1) is 11.3 Å². The number of methoxy groups -OCH3 is 1. The molecule has 2 nitrogen and oxygen atoms in total. The van der Waals surface area contributed by atoms with Gasteiger partial charge in [-0.05, 0) is 52.7 Å². The van der Waals surface area contributed by atoms with Crippen LogP contribution in [0.4, 0.5) is 5.69 Å². The van der Waals surface area contributed by atoms with E-state index in [2.05, 4.69) is 52.4 Å². The fourth-order valence-electron chi connectivity index (χ4n) is 1.57. The van der Waals surface area contributed by atoms with Gasteiger partial charge in [0.25, 0.3) is 0 Å². The Kier molecular flexibility index (Phi) is 4.07. The summed E-state index contributed by atoms with van der Waals surface area (Å²) in [6, 6.07) is 10.3. The largest absolute Gasteiger partial charge is 0.495 e. The van der Waals surface area contributed by atoms with Gasteiger partial charge in [0.05, 0.1) is 16.6 Å². The second-order valence-electron chi connectivity index (χ2n) is 3.76. The Morgan fingerprint density at radius 3 is 2.76 bits per heavy atom. The van der Waals surface area contributed by atoms with E-state index in [0.717, 1.165) is 21.8 Å². The Labute approximate surface area is 114 Å². The fraction of sp³-hybridized carbons (Fsp3) is 0.231. The number of rotatable bonds is 4. The highest BCUT2D eigenvalue weighted by Crippen LogP contribution is 2.27. The molecule has 0 spiro atoms. The van der Waals surface area contributed by atoms with Gasteiger partial charge in [-0.3, -0.25) is 0 Å². The van der Waals surface area contributed by atoms with Crippen molar-refractivity contribution in [3.05, 3.63) is 44.6 Å². The summed E-state index contributed by atoms with van der Waals surface area (Å²) in [5.74, 6) is 0.889. The standard InChI is InChI=1S/C13H14BrNOS/c1-9-3-5-11(12(7-9)16-2)15-8-10-4-6-13(14)17-10/h3-7,15H,8H2,1-2H3. The zero-order valence-corrected chi connectivity index (χ0v) is 12.2. The van der Waals surface area contributed by atoms with Gasteiger partial charge in [0.15, 0.2) is 0 Å². The maximum atomic E-state index is 5.35. The molecule has 0 radical (unpaired) electrons. The van der Waals surface area contributed by atoms with Crippen LogP contribution in [0.2, 0.25) is 0 Å². The van der Waals surface area contributed by atoms with E-state index in [9.17, 15) is 0 Å². The number of nitrogens with one attached hydrogen (secondary N) is 1. The van der Waals surface area contributed by atoms with E-state index >= 15 is 0 Å². The molecule has 2 rings (SSSR count). The summed E-state index contributed by atoms with van der Waals surface area (Å²) in [7, 11) is 1.70. The predicted octanol–water partition coefficient (Wildman–Crippen LogP) is 4.44. The molecule has 0 amide bonds. The molecule has 1 heterocycles. The Bertz CT molecular complexity index is 510. The quantitative estimate of drug-likeness (QED) is 0.901. The van der Waals surface area contributed by atoms with Crippen molar-refractivity contribution in [2.45, 2.75) is 13.5 Å². The third kappa shape index (κ3) is 3.23. The lowest BCUT2D eigenvalue weighted by Gasteiger charge is -2.11. The summed E-state index contributed by atoms with van der Waals surface area (Å²) in [6.07, 6.45) is 0. The van der Waals surface area contributed by atoms with Gasteiger partial charge in [-0.1, -0.05) is 6.07 Å². The van der Waals surface area contributed by atoms with Crippen molar-refractivity contribution in [3.8, 4) is 5.75 Å². The summed E-state index contributed by atoms with van der Waals surface area (Å²) >= 11 is 5.20. The molecule has 0 fully saturated rings. The van der Waals surface area contributed by atoms with Gasteiger partial charge >= 0.3 is 0 Å². The molecule has 0 unspecified atom stereocenters. The zero-order valence-electron chi connectivity index (χ0n) is 9.79. The highest BCUT2D eigenvalue weighted by molar-refractivity contribution is 9.11. The number of aryl methyl sites for hydroxylation is 1. The van der Waals surface area contributed by atoms with Crippen LogP contribution < -0.4 is 10.1 Å². The third-order valence-electron chi connectivity index (χ3n) is 2.44. The van der Waals surface area contributed by atoms with E-state index in [-0.39, 0.29) is 0 Å². The molecule has 90 valence electrons. The van der Waals surface area contributed by atoms with Crippen molar-refractivity contribution < 1.29 is 4.74 Å². The van der Waals surface area contributed by atoms with Gasteiger partial charge < -0.3 is 10.1 Å². The number of anilines is 1. The zero-order chi connectivity index (χ0) is 12.3. The number of hydrogen-bond donors (Lipinski definition) is 1. The highest BCUT2D eigenvalue weighted by Gasteiger charge is 2.03. The van der Waals surface area contributed by atoms with Crippen LogP contribution in [0, 0.1) is 6.92 Å². The molecule has 1 N–H and O–H groups in total. The molecule has 0 saturated heterocycles. The normalized spacial score (nSPS) is 10.3. The van der Waals surface area contributed by atoms with Crippen LogP contribution >= 0.6 is 27.3 Å². The van der Waals surface area contributed by atoms with Gasteiger partial charge in [0.2, 0.25) is 0 Å². The van der Waals surface area contributed by atoms with E-state index in [1.165, 1.54) is 10.4 Å². The molecule has 0 bridgehead atoms. The molecular weight excluding hydrogens is 298 g/mol. The Morgan fingerprint density at radius 1 is 1.29 bits per heavy atom. The number of benzene rings is 1. The monoisotopic (exact) mass is 311 g/mol. The lowest BCUT2D eigenvalue weighted by molar-refractivity contribution is 0.416. The summed E-state index contributed by atoms with van der Waals surface area (Å²) in [5, 5.41) is 3.39. The molecule has 0 aliphatic rings. The first-order valence-corrected chi connectivity index (χ1v) is 6.92. The third-order valence-corrected chi connectivity index (χ3v) is 4.06. The van der Waals surface area contributed by atoms with Gasteiger partial charge in [-0.2, -0.15) is 0 Å². The lowest BCUT2D eigenvalue weighted by Crippen LogP contribution is -2.00. The topological polar surface area (TPSA) is 21.3 Å². The first kappa shape index (κ1) is 12.5. The van der Waals surface area contributed by atoms with Crippen LogP contribution in [0.1, 0.15) is 10.4 Å². The molecule has 0 aliphatic heterocycles. The van der Waals surface area contributed by atoms with Gasteiger partial charge in [-0.25, -0.2) is 0 Å². The minimum absolute atomic E-state index is 0.815. The maximum absolute atomic E-state index is 5.35. The van der Waals surface area contributed by atoms with Crippen LogP contribution in [-0.4, -0.2) is 7.11 Å².